The third kappa shape index (κ3) is 3.44. The van der Waals surface area contributed by atoms with Gasteiger partial charge in [0.05, 0.1) is 12.6 Å². The average Bonchev–Trinajstić information content (AvgIpc) is 3.02. The summed E-state index contributed by atoms with van der Waals surface area (Å²) >= 11 is 0. The first-order valence-corrected chi connectivity index (χ1v) is 6.28. The van der Waals surface area contributed by atoms with Crippen molar-refractivity contribution < 1.29 is 5.11 Å². The Bertz CT molecular complexity index is 259. The quantitative estimate of drug-likeness (QED) is 0.660. The summed E-state index contributed by atoms with van der Waals surface area (Å²) in [5.41, 5.74) is 0. The van der Waals surface area contributed by atoms with Gasteiger partial charge in [-0.3, -0.25) is 4.90 Å². The Kier molecular flexibility index (Phi) is 4.16. The van der Waals surface area contributed by atoms with Crippen molar-refractivity contribution in [3.05, 3.63) is 0 Å². The number of aliphatic hydroxyl groups is 1. The lowest BCUT2D eigenvalue weighted by molar-refractivity contribution is 0.131. The number of hydrogen-bond acceptors (Lipinski definition) is 4. The third-order valence-electron chi connectivity index (χ3n) is 3.49. The molecule has 1 saturated carbocycles. The molecule has 16 heavy (non-hydrogen) atoms. The van der Waals surface area contributed by atoms with Crippen molar-refractivity contribution in [2.24, 2.45) is 5.92 Å². The van der Waals surface area contributed by atoms with Gasteiger partial charge in [-0.15, -0.1) is 0 Å². The van der Waals surface area contributed by atoms with Gasteiger partial charge in [0.2, 0.25) is 0 Å². The molecule has 1 heterocycles. The van der Waals surface area contributed by atoms with Gasteiger partial charge in [0.15, 0.2) is 0 Å². The molecule has 2 atom stereocenters. The molecule has 2 rings (SSSR count). The summed E-state index contributed by atoms with van der Waals surface area (Å²) in [7, 11) is 0. The molecule has 1 aliphatic heterocycles. The topological polar surface area (TPSA) is 59.3 Å². The number of nitriles is 1. The predicted molar refractivity (Wildman–Crippen MR) is 61.8 cm³/mol. The van der Waals surface area contributed by atoms with Crippen molar-refractivity contribution in [1.82, 2.24) is 10.2 Å². The van der Waals surface area contributed by atoms with Crippen LogP contribution in [-0.2, 0) is 0 Å². The van der Waals surface area contributed by atoms with E-state index in [0.717, 1.165) is 32.0 Å². The molecule has 0 bridgehead atoms. The average molecular weight is 223 g/mol. The highest BCUT2D eigenvalue weighted by Gasteiger charge is 2.31. The summed E-state index contributed by atoms with van der Waals surface area (Å²) < 4.78 is 0. The lowest BCUT2D eigenvalue weighted by atomic mass is 9.91. The van der Waals surface area contributed by atoms with Gasteiger partial charge in [-0.25, -0.2) is 0 Å². The molecule has 2 aliphatic rings. The number of nitrogens with one attached hydrogen (secondary N) is 1. The molecule has 2 unspecified atom stereocenters. The van der Waals surface area contributed by atoms with E-state index in [0.29, 0.717) is 18.5 Å². The highest BCUT2D eigenvalue weighted by atomic mass is 16.3. The predicted octanol–water partition coefficient (Wildman–Crippen LogP) is 0.335. The van der Waals surface area contributed by atoms with Crippen LogP contribution in [0.1, 0.15) is 25.7 Å². The Morgan fingerprint density at radius 3 is 2.75 bits per heavy atom. The molecule has 0 radical (unpaired) electrons. The number of piperidine rings is 1. The molecule has 1 saturated heterocycles. The van der Waals surface area contributed by atoms with E-state index in [4.69, 9.17) is 10.4 Å². The Morgan fingerprint density at radius 2 is 2.12 bits per heavy atom. The Labute approximate surface area is 97.2 Å². The second-order valence-electron chi connectivity index (χ2n) is 5.10. The maximum absolute atomic E-state index is 9.01. The summed E-state index contributed by atoms with van der Waals surface area (Å²) in [4.78, 5) is 2.21. The first-order valence-electron chi connectivity index (χ1n) is 6.28. The van der Waals surface area contributed by atoms with Crippen LogP contribution in [0, 0.1) is 17.2 Å². The van der Waals surface area contributed by atoms with E-state index in [-0.39, 0.29) is 6.61 Å². The fraction of sp³-hybridized carbons (Fsp3) is 0.917. The molecule has 0 aromatic heterocycles. The van der Waals surface area contributed by atoms with Gasteiger partial charge in [0, 0.05) is 31.8 Å². The number of nitrogens with zero attached hydrogens (tertiary/aromatic N) is 2. The maximum atomic E-state index is 9.01. The second kappa shape index (κ2) is 5.62. The molecule has 0 aromatic rings. The van der Waals surface area contributed by atoms with Crippen molar-refractivity contribution in [3.63, 3.8) is 0 Å². The zero-order valence-electron chi connectivity index (χ0n) is 9.73. The van der Waals surface area contributed by atoms with Crippen LogP contribution in [0.25, 0.3) is 0 Å². The number of rotatable bonds is 5. The summed E-state index contributed by atoms with van der Waals surface area (Å²) in [6, 6.07) is 3.47. The lowest BCUT2D eigenvalue weighted by Crippen LogP contribution is -2.50. The van der Waals surface area contributed by atoms with E-state index in [1.165, 1.54) is 12.8 Å². The van der Waals surface area contributed by atoms with E-state index in [2.05, 4.69) is 16.3 Å². The van der Waals surface area contributed by atoms with Gasteiger partial charge in [-0.05, 0) is 31.6 Å². The summed E-state index contributed by atoms with van der Waals surface area (Å²) in [5.74, 6) is 0.545. The van der Waals surface area contributed by atoms with Gasteiger partial charge in [-0.1, -0.05) is 0 Å². The number of hydrogen-bond donors (Lipinski definition) is 2. The zero-order chi connectivity index (χ0) is 11.4. The molecule has 1 aliphatic carbocycles. The van der Waals surface area contributed by atoms with Crippen LogP contribution in [0.3, 0.4) is 0 Å². The summed E-state index contributed by atoms with van der Waals surface area (Å²) in [6.45, 7) is 2.74. The van der Waals surface area contributed by atoms with Crippen molar-refractivity contribution in [2.75, 3.05) is 26.2 Å². The minimum absolute atomic E-state index is 0.265. The van der Waals surface area contributed by atoms with Crippen LogP contribution in [0.15, 0.2) is 0 Å². The van der Waals surface area contributed by atoms with Gasteiger partial charge in [0.1, 0.15) is 0 Å². The zero-order valence-corrected chi connectivity index (χ0v) is 9.73. The van der Waals surface area contributed by atoms with Crippen LogP contribution in [0.2, 0.25) is 0 Å². The summed E-state index contributed by atoms with van der Waals surface area (Å²) in [6.07, 6.45) is 4.63. The molecule has 4 heteroatoms. The second-order valence-corrected chi connectivity index (χ2v) is 5.10. The Morgan fingerprint density at radius 1 is 1.31 bits per heavy atom. The van der Waals surface area contributed by atoms with Crippen molar-refractivity contribution >= 4 is 0 Å². The van der Waals surface area contributed by atoms with Crippen molar-refractivity contribution in [2.45, 2.75) is 37.8 Å². The fourth-order valence-corrected chi connectivity index (χ4v) is 2.63. The van der Waals surface area contributed by atoms with Crippen LogP contribution >= 0.6 is 0 Å². The van der Waals surface area contributed by atoms with E-state index in [1.54, 1.807) is 0 Å². The highest BCUT2D eigenvalue weighted by molar-refractivity contribution is 4.92. The van der Waals surface area contributed by atoms with Crippen molar-refractivity contribution in [1.29, 1.82) is 5.26 Å². The minimum atomic E-state index is 0.265. The normalized spacial score (nSPS) is 31.2. The van der Waals surface area contributed by atoms with E-state index >= 15 is 0 Å². The van der Waals surface area contributed by atoms with Crippen LogP contribution in [0.5, 0.6) is 0 Å². The molecule has 4 nitrogen and oxygen atoms in total. The molecule has 2 N–H and O–H groups in total. The first-order chi connectivity index (χ1) is 7.81. The molecule has 0 spiro atoms. The third-order valence-corrected chi connectivity index (χ3v) is 3.49. The van der Waals surface area contributed by atoms with E-state index in [9.17, 15) is 0 Å². The van der Waals surface area contributed by atoms with Crippen LogP contribution in [0.4, 0.5) is 0 Å². The highest BCUT2D eigenvalue weighted by Crippen LogP contribution is 2.24. The van der Waals surface area contributed by atoms with Crippen molar-refractivity contribution in [3.8, 4) is 6.07 Å². The molecular weight excluding hydrogens is 202 g/mol. The number of likely N-dealkylation sites (tertiary alicyclic amines) is 1. The molecular formula is C12H21N3O. The van der Waals surface area contributed by atoms with Crippen LogP contribution < -0.4 is 5.32 Å². The molecule has 2 fully saturated rings. The standard InChI is InChI=1S/C12H21N3O/c13-4-5-15-8-10(3-6-16)7-12(9-15)14-11-1-2-11/h10-12,14,16H,1-3,5-9H2. The SMILES string of the molecule is N#CCN1CC(CCO)CC(NC2CC2)C1. The maximum Gasteiger partial charge on any atom is 0.0866 e. The Balaban J connectivity index is 1.84. The monoisotopic (exact) mass is 223 g/mol. The minimum Gasteiger partial charge on any atom is -0.396 e. The lowest BCUT2D eigenvalue weighted by Gasteiger charge is -2.37. The summed E-state index contributed by atoms with van der Waals surface area (Å²) in [5, 5.41) is 21.4. The van der Waals surface area contributed by atoms with E-state index in [1.807, 2.05) is 0 Å². The molecule has 0 amide bonds. The Hall–Kier alpha value is -0.630. The van der Waals surface area contributed by atoms with E-state index < -0.39 is 0 Å². The molecule has 90 valence electrons. The molecule has 0 aromatic carbocycles. The van der Waals surface area contributed by atoms with Crippen LogP contribution in [-0.4, -0.2) is 48.3 Å². The first kappa shape index (κ1) is 11.8. The fourth-order valence-electron chi connectivity index (χ4n) is 2.63. The van der Waals surface area contributed by atoms with Gasteiger partial charge in [0.25, 0.3) is 0 Å². The number of aliphatic hydroxyl groups excluding tert-OH is 1. The van der Waals surface area contributed by atoms with Gasteiger partial charge >= 0.3 is 0 Å². The largest absolute Gasteiger partial charge is 0.396 e. The van der Waals surface area contributed by atoms with Gasteiger partial charge in [-0.2, -0.15) is 5.26 Å². The van der Waals surface area contributed by atoms with Gasteiger partial charge < -0.3 is 10.4 Å². The smallest absolute Gasteiger partial charge is 0.0866 e.